The summed E-state index contributed by atoms with van der Waals surface area (Å²) in [4.78, 5) is 25.4. The van der Waals surface area contributed by atoms with E-state index < -0.39 is 5.92 Å². The Hall–Kier alpha value is -1.44. The molecule has 2 rings (SSSR count). The summed E-state index contributed by atoms with van der Waals surface area (Å²) >= 11 is 0. The normalized spacial score (nSPS) is 25.9. The van der Waals surface area contributed by atoms with Gasteiger partial charge in [-0.3, -0.25) is 9.59 Å². The predicted octanol–water partition coefficient (Wildman–Crippen LogP) is 4.23. The average molecular weight is 286 g/mol. The maximum Gasteiger partial charge on any atom is 0.151 e. The number of carbonyl (C=O) groups excluding carboxylic acids is 2. The minimum atomic E-state index is -0.530. The van der Waals surface area contributed by atoms with Gasteiger partial charge in [-0.15, -0.1) is 0 Å². The SMILES string of the molecule is Cc1ccc(C)c(C2C(=O)C(C)C(CCC(C)C)C2=O)c1. The molecule has 1 fully saturated rings. The second-order valence-corrected chi connectivity index (χ2v) is 6.96. The first-order chi connectivity index (χ1) is 9.82. The summed E-state index contributed by atoms with van der Waals surface area (Å²) < 4.78 is 0. The van der Waals surface area contributed by atoms with Crippen LogP contribution < -0.4 is 0 Å². The van der Waals surface area contributed by atoms with Crippen LogP contribution in [0.15, 0.2) is 18.2 Å². The predicted molar refractivity (Wildman–Crippen MR) is 85.4 cm³/mol. The van der Waals surface area contributed by atoms with Crippen molar-refractivity contribution in [2.24, 2.45) is 17.8 Å². The molecule has 0 aliphatic heterocycles. The molecule has 2 nitrogen and oxygen atoms in total. The van der Waals surface area contributed by atoms with E-state index in [9.17, 15) is 9.59 Å². The molecule has 114 valence electrons. The first-order valence-electron chi connectivity index (χ1n) is 7.97. The zero-order chi connectivity index (χ0) is 15.7. The summed E-state index contributed by atoms with van der Waals surface area (Å²) in [5, 5.41) is 0. The summed E-state index contributed by atoms with van der Waals surface area (Å²) in [6, 6.07) is 6.05. The van der Waals surface area contributed by atoms with Crippen molar-refractivity contribution in [3.63, 3.8) is 0 Å². The summed E-state index contributed by atoms with van der Waals surface area (Å²) in [6.07, 6.45) is 1.85. The van der Waals surface area contributed by atoms with Gasteiger partial charge in [0, 0.05) is 11.8 Å². The monoisotopic (exact) mass is 286 g/mol. The Morgan fingerprint density at radius 2 is 1.76 bits per heavy atom. The highest BCUT2D eigenvalue weighted by Crippen LogP contribution is 2.40. The first kappa shape index (κ1) is 15.9. The van der Waals surface area contributed by atoms with Gasteiger partial charge >= 0.3 is 0 Å². The van der Waals surface area contributed by atoms with Gasteiger partial charge in [0.1, 0.15) is 5.92 Å². The molecule has 0 heterocycles. The van der Waals surface area contributed by atoms with Gasteiger partial charge in [0.05, 0.1) is 0 Å². The van der Waals surface area contributed by atoms with Gasteiger partial charge in [0.2, 0.25) is 0 Å². The highest BCUT2D eigenvalue weighted by atomic mass is 16.2. The molecule has 2 heteroatoms. The minimum absolute atomic E-state index is 0.0928. The van der Waals surface area contributed by atoms with E-state index in [0.29, 0.717) is 5.92 Å². The van der Waals surface area contributed by atoms with Gasteiger partial charge in [-0.05, 0) is 37.3 Å². The van der Waals surface area contributed by atoms with Crippen LogP contribution in [-0.2, 0) is 9.59 Å². The summed E-state index contributed by atoms with van der Waals surface area (Å²) in [7, 11) is 0. The lowest BCUT2D eigenvalue weighted by Crippen LogP contribution is -2.17. The zero-order valence-electron chi connectivity index (χ0n) is 13.8. The Bertz CT molecular complexity index is 557. The quantitative estimate of drug-likeness (QED) is 0.776. The van der Waals surface area contributed by atoms with E-state index in [2.05, 4.69) is 13.8 Å². The third-order valence-electron chi connectivity index (χ3n) is 4.79. The Morgan fingerprint density at radius 3 is 2.38 bits per heavy atom. The van der Waals surface area contributed by atoms with Gasteiger partial charge < -0.3 is 0 Å². The molecule has 0 aromatic heterocycles. The highest BCUT2D eigenvalue weighted by Gasteiger charge is 2.47. The van der Waals surface area contributed by atoms with Crippen LogP contribution in [0.3, 0.4) is 0 Å². The first-order valence-corrected chi connectivity index (χ1v) is 7.97. The number of benzene rings is 1. The fourth-order valence-electron chi connectivity index (χ4n) is 3.34. The molecular formula is C19H26O2. The van der Waals surface area contributed by atoms with E-state index in [1.165, 1.54) is 0 Å². The van der Waals surface area contributed by atoms with E-state index in [0.717, 1.165) is 29.5 Å². The van der Waals surface area contributed by atoms with Crippen molar-refractivity contribution in [1.82, 2.24) is 0 Å². The Balaban J connectivity index is 2.31. The van der Waals surface area contributed by atoms with Gasteiger partial charge in [-0.2, -0.15) is 0 Å². The molecule has 1 aliphatic carbocycles. The second-order valence-electron chi connectivity index (χ2n) is 6.96. The Morgan fingerprint density at radius 1 is 1.10 bits per heavy atom. The molecule has 0 N–H and O–H groups in total. The van der Waals surface area contributed by atoms with E-state index >= 15 is 0 Å². The molecule has 1 aliphatic rings. The van der Waals surface area contributed by atoms with E-state index in [1.54, 1.807) is 0 Å². The topological polar surface area (TPSA) is 34.1 Å². The van der Waals surface area contributed by atoms with Gasteiger partial charge in [-0.25, -0.2) is 0 Å². The van der Waals surface area contributed by atoms with E-state index in [1.807, 2.05) is 39.0 Å². The third-order valence-corrected chi connectivity index (χ3v) is 4.79. The zero-order valence-corrected chi connectivity index (χ0v) is 13.8. The van der Waals surface area contributed by atoms with Crippen molar-refractivity contribution in [1.29, 1.82) is 0 Å². The molecular weight excluding hydrogens is 260 g/mol. The van der Waals surface area contributed by atoms with Crippen LogP contribution in [-0.4, -0.2) is 11.6 Å². The molecule has 0 radical (unpaired) electrons. The third kappa shape index (κ3) is 3.09. The lowest BCUT2D eigenvalue weighted by molar-refractivity contribution is -0.125. The molecule has 0 saturated heterocycles. The van der Waals surface area contributed by atoms with Crippen molar-refractivity contribution in [2.45, 2.75) is 53.4 Å². The smallest absolute Gasteiger partial charge is 0.151 e. The number of carbonyl (C=O) groups is 2. The number of ketones is 2. The Kier molecular flexibility index (Phi) is 4.65. The summed E-state index contributed by atoms with van der Waals surface area (Å²) in [6.45, 7) is 10.2. The molecule has 21 heavy (non-hydrogen) atoms. The van der Waals surface area contributed by atoms with Crippen molar-refractivity contribution < 1.29 is 9.59 Å². The van der Waals surface area contributed by atoms with E-state index in [-0.39, 0.29) is 23.4 Å². The number of rotatable bonds is 4. The second kappa shape index (κ2) is 6.13. The Labute approximate surface area is 127 Å². The molecule has 3 atom stereocenters. The average Bonchev–Trinajstić information content (AvgIpc) is 2.62. The van der Waals surface area contributed by atoms with Crippen LogP contribution in [0.25, 0.3) is 0 Å². The summed E-state index contributed by atoms with van der Waals surface area (Å²) in [5.41, 5.74) is 3.07. The molecule has 1 saturated carbocycles. The van der Waals surface area contributed by atoms with Crippen LogP contribution in [0.2, 0.25) is 0 Å². The van der Waals surface area contributed by atoms with Gasteiger partial charge in [0.25, 0.3) is 0 Å². The molecule has 1 aromatic rings. The maximum atomic E-state index is 12.8. The van der Waals surface area contributed by atoms with Crippen LogP contribution in [0.5, 0.6) is 0 Å². The van der Waals surface area contributed by atoms with Crippen molar-refractivity contribution in [3.8, 4) is 0 Å². The fraction of sp³-hybridized carbons (Fsp3) is 0.579. The molecule has 0 spiro atoms. The van der Waals surface area contributed by atoms with Crippen LogP contribution in [0, 0.1) is 31.6 Å². The van der Waals surface area contributed by atoms with Crippen molar-refractivity contribution in [2.75, 3.05) is 0 Å². The number of hydrogen-bond acceptors (Lipinski definition) is 2. The van der Waals surface area contributed by atoms with Crippen molar-refractivity contribution in [3.05, 3.63) is 34.9 Å². The fourth-order valence-corrected chi connectivity index (χ4v) is 3.34. The lowest BCUT2D eigenvalue weighted by atomic mass is 9.88. The standard InChI is InChI=1S/C19H26O2/c1-11(2)6-9-15-14(5)18(20)17(19(15)21)16-10-12(3)7-8-13(16)4/h7-8,10-11,14-15,17H,6,9H2,1-5H3. The lowest BCUT2D eigenvalue weighted by Gasteiger charge is -2.14. The largest absolute Gasteiger partial charge is 0.298 e. The minimum Gasteiger partial charge on any atom is -0.298 e. The molecule has 0 amide bonds. The highest BCUT2D eigenvalue weighted by molar-refractivity contribution is 6.15. The van der Waals surface area contributed by atoms with Gasteiger partial charge in [-0.1, -0.05) is 51.0 Å². The van der Waals surface area contributed by atoms with Crippen molar-refractivity contribution >= 4 is 11.6 Å². The maximum absolute atomic E-state index is 12.8. The molecule has 0 bridgehead atoms. The van der Waals surface area contributed by atoms with Crippen LogP contribution in [0.1, 0.15) is 56.2 Å². The summed E-state index contributed by atoms with van der Waals surface area (Å²) in [5.74, 6) is 0.0622. The van der Waals surface area contributed by atoms with E-state index in [4.69, 9.17) is 0 Å². The number of aryl methyl sites for hydroxylation is 2. The number of hydrogen-bond donors (Lipinski definition) is 0. The number of Topliss-reactive ketones (excluding diaryl/α,β-unsaturated/α-hetero) is 2. The van der Waals surface area contributed by atoms with Gasteiger partial charge in [0.15, 0.2) is 11.6 Å². The molecule has 3 unspecified atom stereocenters. The van der Waals surface area contributed by atoms with Crippen LogP contribution >= 0.6 is 0 Å². The van der Waals surface area contributed by atoms with Crippen LogP contribution in [0.4, 0.5) is 0 Å². The molecule has 1 aromatic carbocycles.